The zero-order valence-corrected chi connectivity index (χ0v) is 18.3. The number of thiocarbonyl (C=S) groups is 1. The zero-order valence-electron chi connectivity index (χ0n) is 16.7. The van der Waals surface area contributed by atoms with Gasteiger partial charge in [-0.15, -0.1) is 11.3 Å². The van der Waals surface area contributed by atoms with E-state index < -0.39 is 0 Å². The monoisotopic (exact) mass is 424 g/mol. The molecule has 0 aliphatic carbocycles. The Kier molecular flexibility index (Phi) is 7.01. The number of carbonyl (C=O) groups is 1. The second kappa shape index (κ2) is 9.67. The third kappa shape index (κ3) is 5.43. The van der Waals surface area contributed by atoms with E-state index in [2.05, 4.69) is 48.7 Å². The largest absolute Gasteiger partial charge is 0.462 e. The number of thiophene rings is 1. The molecule has 0 fully saturated rings. The number of benzene rings is 2. The molecule has 6 heteroatoms. The molecule has 0 aliphatic heterocycles. The minimum absolute atomic E-state index is 0.0372. The van der Waals surface area contributed by atoms with E-state index in [0.717, 1.165) is 16.0 Å². The average molecular weight is 425 g/mol. The Hall–Kier alpha value is -2.70. The maximum absolute atomic E-state index is 12.4. The van der Waals surface area contributed by atoms with E-state index in [1.807, 2.05) is 36.4 Å². The van der Waals surface area contributed by atoms with Crippen molar-refractivity contribution >= 4 is 39.6 Å². The number of hydrogen-bond acceptors (Lipinski definition) is 4. The number of rotatable bonds is 6. The van der Waals surface area contributed by atoms with Gasteiger partial charge in [0.25, 0.3) is 0 Å². The molecule has 29 heavy (non-hydrogen) atoms. The first-order chi connectivity index (χ1) is 14.0. The van der Waals surface area contributed by atoms with Gasteiger partial charge in [-0.05, 0) is 50.2 Å². The zero-order chi connectivity index (χ0) is 20.8. The SMILES string of the molecule is CCOC(=O)c1cc(-c2ccccc2)sc1NC(=S)NC(C)c1ccc(C)cc1. The number of anilines is 1. The summed E-state index contributed by atoms with van der Waals surface area (Å²) in [6, 6.07) is 20.2. The van der Waals surface area contributed by atoms with Gasteiger partial charge in [0.05, 0.1) is 18.2 Å². The molecular formula is C23H24N2O2S2. The lowest BCUT2D eigenvalue weighted by Crippen LogP contribution is -2.31. The first-order valence-corrected chi connectivity index (χ1v) is 10.7. The topological polar surface area (TPSA) is 50.4 Å². The van der Waals surface area contributed by atoms with Crippen molar-refractivity contribution in [3.05, 3.63) is 77.4 Å². The third-order valence-electron chi connectivity index (χ3n) is 4.44. The van der Waals surface area contributed by atoms with Gasteiger partial charge in [-0.25, -0.2) is 4.79 Å². The number of ether oxygens (including phenoxy) is 1. The Balaban J connectivity index is 1.79. The summed E-state index contributed by atoms with van der Waals surface area (Å²) < 4.78 is 5.23. The predicted molar refractivity (Wildman–Crippen MR) is 125 cm³/mol. The van der Waals surface area contributed by atoms with Crippen LogP contribution in [-0.2, 0) is 4.74 Å². The molecule has 0 spiro atoms. The normalized spacial score (nSPS) is 11.6. The fourth-order valence-corrected chi connectivity index (χ4v) is 4.26. The second-order valence-corrected chi connectivity index (χ2v) is 8.13. The van der Waals surface area contributed by atoms with Crippen molar-refractivity contribution in [3.8, 4) is 10.4 Å². The molecule has 0 radical (unpaired) electrons. The number of nitrogens with one attached hydrogen (secondary N) is 2. The summed E-state index contributed by atoms with van der Waals surface area (Å²) in [5.41, 5.74) is 3.89. The molecule has 1 heterocycles. The van der Waals surface area contributed by atoms with Crippen molar-refractivity contribution < 1.29 is 9.53 Å². The molecule has 3 rings (SSSR count). The molecule has 1 aromatic heterocycles. The summed E-state index contributed by atoms with van der Waals surface area (Å²) in [4.78, 5) is 13.4. The Bertz CT molecular complexity index is 982. The summed E-state index contributed by atoms with van der Waals surface area (Å²) in [6.07, 6.45) is 0. The Morgan fingerprint density at radius 1 is 1.14 bits per heavy atom. The molecule has 2 aromatic carbocycles. The van der Waals surface area contributed by atoms with Crippen LogP contribution in [0.2, 0.25) is 0 Å². The van der Waals surface area contributed by atoms with Crippen LogP contribution in [0.15, 0.2) is 60.7 Å². The summed E-state index contributed by atoms with van der Waals surface area (Å²) >= 11 is 6.99. The van der Waals surface area contributed by atoms with Gasteiger partial charge in [0.2, 0.25) is 0 Å². The van der Waals surface area contributed by atoms with Crippen molar-refractivity contribution in [2.45, 2.75) is 26.8 Å². The molecule has 0 amide bonds. The predicted octanol–water partition coefficient (Wildman–Crippen LogP) is 5.95. The minimum Gasteiger partial charge on any atom is -0.462 e. The molecule has 2 N–H and O–H groups in total. The van der Waals surface area contributed by atoms with Crippen LogP contribution >= 0.6 is 23.6 Å². The molecule has 0 saturated heterocycles. The molecule has 150 valence electrons. The van der Waals surface area contributed by atoms with E-state index in [1.54, 1.807) is 6.92 Å². The van der Waals surface area contributed by atoms with E-state index in [4.69, 9.17) is 17.0 Å². The van der Waals surface area contributed by atoms with Crippen LogP contribution in [0.3, 0.4) is 0 Å². The van der Waals surface area contributed by atoms with Crippen molar-refractivity contribution in [1.29, 1.82) is 0 Å². The van der Waals surface area contributed by atoms with Crippen LogP contribution in [-0.4, -0.2) is 17.7 Å². The smallest absolute Gasteiger partial charge is 0.341 e. The number of aryl methyl sites for hydroxylation is 1. The second-order valence-electron chi connectivity index (χ2n) is 6.67. The molecule has 0 saturated carbocycles. The molecular weight excluding hydrogens is 400 g/mol. The van der Waals surface area contributed by atoms with Gasteiger partial charge in [-0.3, -0.25) is 0 Å². The van der Waals surface area contributed by atoms with Gasteiger partial charge >= 0.3 is 5.97 Å². The number of hydrogen-bond donors (Lipinski definition) is 2. The van der Waals surface area contributed by atoms with E-state index in [1.165, 1.54) is 16.9 Å². The number of esters is 1. The van der Waals surface area contributed by atoms with Gasteiger partial charge in [-0.2, -0.15) is 0 Å². The summed E-state index contributed by atoms with van der Waals surface area (Å²) in [5, 5.41) is 7.62. The van der Waals surface area contributed by atoms with Crippen LogP contribution in [0, 0.1) is 6.92 Å². The summed E-state index contributed by atoms with van der Waals surface area (Å²) in [7, 11) is 0. The molecule has 1 atom stereocenters. The lowest BCUT2D eigenvalue weighted by atomic mass is 10.1. The standard InChI is InChI=1S/C23H24N2O2S2/c1-4-27-22(26)19-14-20(18-8-6-5-7-9-18)29-21(19)25-23(28)24-16(3)17-12-10-15(2)11-13-17/h5-14,16H,4H2,1-3H3,(H2,24,25,28). The first-order valence-electron chi connectivity index (χ1n) is 9.48. The Morgan fingerprint density at radius 2 is 1.83 bits per heavy atom. The number of carbonyl (C=O) groups excluding carboxylic acids is 1. The van der Waals surface area contributed by atoms with Gasteiger partial charge in [0.15, 0.2) is 5.11 Å². The van der Waals surface area contributed by atoms with Crippen LogP contribution in [0.25, 0.3) is 10.4 Å². The summed E-state index contributed by atoms with van der Waals surface area (Å²) in [5.74, 6) is -0.359. The van der Waals surface area contributed by atoms with E-state index in [-0.39, 0.29) is 12.0 Å². The van der Waals surface area contributed by atoms with E-state index >= 15 is 0 Å². The van der Waals surface area contributed by atoms with Crippen LogP contribution in [0.5, 0.6) is 0 Å². The molecule has 3 aromatic rings. The van der Waals surface area contributed by atoms with Gasteiger partial charge in [0.1, 0.15) is 5.00 Å². The highest BCUT2D eigenvalue weighted by atomic mass is 32.1. The van der Waals surface area contributed by atoms with E-state index in [9.17, 15) is 4.79 Å². The maximum Gasteiger partial charge on any atom is 0.341 e. The van der Waals surface area contributed by atoms with Gasteiger partial charge in [-0.1, -0.05) is 60.2 Å². The average Bonchev–Trinajstić information content (AvgIpc) is 3.13. The molecule has 0 bridgehead atoms. The quantitative estimate of drug-likeness (QED) is 0.378. The fraction of sp³-hybridized carbons (Fsp3) is 0.217. The van der Waals surface area contributed by atoms with Gasteiger partial charge < -0.3 is 15.4 Å². The lowest BCUT2D eigenvalue weighted by molar-refractivity contribution is 0.0528. The van der Waals surface area contributed by atoms with Crippen molar-refractivity contribution in [3.63, 3.8) is 0 Å². The highest BCUT2D eigenvalue weighted by Gasteiger charge is 2.19. The Labute approximate surface area is 180 Å². The third-order valence-corrected chi connectivity index (χ3v) is 5.76. The highest BCUT2D eigenvalue weighted by Crippen LogP contribution is 2.36. The van der Waals surface area contributed by atoms with E-state index in [0.29, 0.717) is 22.3 Å². The van der Waals surface area contributed by atoms with Gasteiger partial charge in [0, 0.05) is 4.88 Å². The fourth-order valence-electron chi connectivity index (χ4n) is 2.86. The molecule has 4 nitrogen and oxygen atoms in total. The van der Waals surface area contributed by atoms with Crippen molar-refractivity contribution in [2.24, 2.45) is 0 Å². The summed E-state index contributed by atoms with van der Waals surface area (Å²) in [6.45, 7) is 6.23. The molecule has 1 unspecified atom stereocenters. The minimum atomic E-state index is -0.359. The Morgan fingerprint density at radius 3 is 2.48 bits per heavy atom. The van der Waals surface area contributed by atoms with Crippen LogP contribution in [0.4, 0.5) is 5.00 Å². The van der Waals surface area contributed by atoms with Crippen molar-refractivity contribution in [2.75, 3.05) is 11.9 Å². The lowest BCUT2D eigenvalue weighted by Gasteiger charge is -2.17. The maximum atomic E-state index is 12.4. The van der Waals surface area contributed by atoms with Crippen LogP contribution < -0.4 is 10.6 Å². The van der Waals surface area contributed by atoms with Crippen LogP contribution in [0.1, 0.15) is 41.4 Å². The molecule has 0 aliphatic rings. The van der Waals surface area contributed by atoms with Crippen molar-refractivity contribution in [1.82, 2.24) is 5.32 Å². The first kappa shape index (κ1) is 21.0. The highest BCUT2D eigenvalue weighted by molar-refractivity contribution is 7.80.